The van der Waals surface area contributed by atoms with Crippen LogP contribution in [0.15, 0.2) is 53.1 Å². The van der Waals surface area contributed by atoms with E-state index < -0.39 is 0 Å². The summed E-state index contributed by atoms with van der Waals surface area (Å²) in [5.74, 6) is 2.01. The van der Waals surface area contributed by atoms with Gasteiger partial charge in [-0.1, -0.05) is 42.1 Å². The summed E-state index contributed by atoms with van der Waals surface area (Å²) in [4.78, 5) is 23.0. The minimum atomic E-state index is -0.0223. The number of nitrogens with zero attached hydrogens (tertiary/aromatic N) is 4. The van der Waals surface area contributed by atoms with Gasteiger partial charge in [-0.25, -0.2) is 0 Å². The SMILES string of the molecule is COc1ccc(-c2noc(CN(C(=O)[C@H]3CCCN(c4ccc(C)cc4)C3)C3CCCCC3)n2)cc1. The minimum absolute atomic E-state index is 0.0223. The number of hydrogen-bond acceptors (Lipinski definition) is 6. The summed E-state index contributed by atoms with van der Waals surface area (Å²) in [5.41, 5.74) is 3.31. The Morgan fingerprint density at radius 1 is 1.03 bits per heavy atom. The normalized spacial score (nSPS) is 18.7. The number of methoxy groups -OCH3 is 1. The molecule has 0 bridgehead atoms. The lowest BCUT2D eigenvalue weighted by Crippen LogP contribution is -2.48. The molecule has 1 atom stereocenters. The molecule has 0 radical (unpaired) electrons. The highest BCUT2D eigenvalue weighted by Gasteiger charge is 2.34. The number of amides is 1. The van der Waals surface area contributed by atoms with Crippen LogP contribution >= 0.6 is 0 Å². The molecule has 190 valence electrons. The fourth-order valence-corrected chi connectivity index (χ4v) is 5.51. The van der Waals surface area contributed by atoms with Crippen LogP contribution in [0.5, 0.6) is 5.75 Å². The zero-order chi connectivity index (χ0) is 24.9. The molecule has 1 saturated carbocycles. The third kappa shape index (κ3) is 5.55. The second-order valence-electron chi connectivity index (χ2n) is 10.1. The van der Waals surface area contributed by atoms with E-state index in [1.165, 1.54) is 17.7 Å². The van der Waals surface area contributed by atoms with E-state index in [1.807, 2.05) is 29.2 Å². The topological polar surface area (TPSA) is 71.7 Å². The largest absolute Gasteiger partial charge is 0.497 e. The Morgan fingerprint density at radius 3 is 2.50 bits per heavy atom. The van der Waals surface area contributed by atoms with Crippen molar-refractivity contribution >= 4 is 11.6 Å². The van der Waals surface area contributed by atoms with Gasteiger partial charge in [0.2, 0.25) is 17.6 Å². The summed E-state index contributed by atoms with van der Waals surface area (Å²) >= 11 is 0. The standard InChI is InChI=1S/C29H36N4O3/c1-21-10-14-24(15-11-21)32-18-6-7-23(19-32)29(34)33(25-8-4-3-5-9-25)20-27-30-28(31-36-27)22-12-16-26(35-2)17-13-22/h10-17,23,25H,3-9,18-20H2,1-2H3/t23-/m0/s1. The molecule has 0 unspecified atom stereocenters. The van der Waals surface area contributed by atoms with E-state index in [1.54, 1.807) is 7.11 Å². The molecule has 0 spiro atoms. The molecule has 1 amide bonds. The maximum Gasteiger partial charge on any atom is 0.246 e. The number of carbonyl (C=O) groups is 1. The van der Waals surface area contributed by atoms with Crippen LogP contribution in [0.3, 0.4) is 0 Å². The number of benzene rings is 2. The highest BCUT2D eigenvalue weighted by atomic mass is 16.5. The van der Waals surface area contributed by atoms with Crippen molar-refractivity contribution in [2.45, 2.75) is 64.5 Å². The summed E-state index contributed by atoms with van der Waals surface area (Å²) in [6.45, 7) is 4.22. The first kappa shape index (κ1) is 24.3. The predicted octanol–water partition coefficient (Wildman–Crippen LogP) is 5.63. The third-order valence-corrected chi connectivity index (χ3v) is 7.59. The van der Waals surface area contributed by atoms with E-state index >= 15 is 0 Å². The van der Waals surface area contributed by atoms with E-state index in [9.17, 15) is 4.79 Å². The van der Waals surface area contributed by atoms with Crippen LogP contribution in [0.4, 0.5) is 5.69 Å². The molecule has 36 heavy (non-hydrogen) atoms. The van der Waals surface area contributed by atoms with Crippen LogP contribution < -0.4 is 9.64 Å². The number of anilines is 1. The highest BCUT2D eigenvalue weighted by molar-refractivity contribution is 5.80. The van der Waals surface area contributed by atoms with Crippen molar-refractivity contribution < 1.29 is 14.1 Å². The van der Waals surface area contributed by atoms with E-state index in [0.29, 0.717) is 18.3 Å². The molecule has 0 N–H and O–H groups in total. The van der Waals surface area contributed by atoms with Crippen molar-refractivity contribution in [1.29, 1.82) is 0 Å². The Kier molecular flexibility index (Phi) is 7.54. The van der Waals surface area contributed by atoms with Gasteiger partial charge in [-0.05, 0) is 69.0 Å². The second kappa shape index (κ2) is 11.1. The number of aromatic nitrogens is 2. The van der Waals surface area contributed by atoms with Crippen molar-refractivity contribution in [3.05, 3.63) is 60.0 Å². The lowest BCUT2D eigenvalue weighted by molar-refractivity contribution is -0.140. The van der Waals surface area contributed by atoms with Gasteiger partial charge < -0.3 is 19.1 Å². The monoisotopic (exact) mass is 488 g/mol. The zero-order valence-corrected chi connectivity index (χ0v) is 21.4. The van der Waals surface area contributed by atoms with Crippen LogP contribution in [0.2, 0.25) is 0 Å². The van der Waals surface area contributed by atoms with Crippen LogP contribution in [-0.2, 0) is 11.3 Å². The van der Waals surface area contributed by atoms with Gasteiger partial charge in [-0.3, -0.25) is 4.79 Å². The fraction of sp³-hybridized carbons (Fsp3) is 0.483. The molecule has 2 heterocycles. The first-order chi connectivity index (χ1) is 17.6. The fourth-order valence-electron chi connectivity index (χ4n) is 5.51. The molecule has 1 saturated heterocycles. The molecule has 5 rings (SSSR count). The summed E-state index contributed by atoms with van der Waals surface area (Å²) in [6, 6.07) is 16.4. The van der Waals surface area contributed by atoms with Gasteiger partial charge in [0.25, 0.3) is 0 Å². The van der Waals surface area contributed by atoms with Gasteiger partial charge in [0.1, 0.15) is 12.3 Å². The third-order valence-electron chi connectivity index (χ3n) is 7.59. The summed E-state index contributed by atoms with van der Waals surface area (Å²) in [6.07, 6.45) is 7.59. The number of aryl methyl sites for hydroxylation is 1. The second-order valence-corrected chi connectivity index (χ2v) is 10.1. The van der Waals surface area contributed by atoms with Crippen LogP contribution in [0.1, 0.15) is 56.4 Å². The molecule has 7 nitrogen and oxygen atoms in total. The average Bonchev–Trinajstić information content (AvgIpc) is 3.41. The lowest BCUT2D eigenvalue weighted by atomic mass is 9.91. The van der Waals surface area contributed by atoms with E-state index in [4.69, 9.17) is 9.26 Å². The highest BCUT2D eigenvalue weighted by Crippen LogP contribution is 2.30. The van der Waals surface area contributed by atoms with Crippen molar-refractivity contribution in [3.8, 4) is 17.1 Å². The van der Waals surface area contributed by atoms with Gasteiger partial charge >= 0.3 is 0 Å². The molecule has 2 fully saturated rings. The number of ether oxygens (including phenoxy) is 1. The van der Waals surface area contributed by atoms with E-state index in [0.717, 1.165) is 62.9 Å². The maximum atomic E-state index is 14.0. The molecular formula is C29H36N4O3. The quantitative estimate of drug-likeness (QED) is 0.429. The molecular weight excluding hydrogens is 452 g/mol. The van der Waals surface area contributed by atoms with Gasteiger partial charge in [-0.2, -0.15) is 4.98 Å². The number of piperidine rings is 1. The lowest BCUT2D eigenvalue weighted by Gasteiger charge is -2.39. The van der Waals surface area contributed by atoms with Gasteiger partial charge in [0.15, 0.2) is 0 Å². The first-order valence-corrected chi connectivity index (χ1v) is 13.2. The summed E-state index contributed by atoms with van der Waals surface area (Å²) < 4.78 is 10.9. The zero-order valence-electron chi connectivity index (χ0n) is 21.4. The van der Waals surface area contributed by atoms with E-state index in [-0.39, 0.29) is 17.9 Å². The minimum Gasteiger partial charge on any atom is -0.497 e. The number of rotatable bonds is 7. The van der Waals surface area contributed by atoms with Crippen LogP contribution in [0, 0.1) is 12.8 Å². The van der Waals surface area contributed by atoms with E-state index in [2.05, 4.69) is 46.2 Å². The molecule has 1 aromatic heterocycles. The van der Waals surface area contributed by atoms with Crippen molar-refractivity contribution in [2.75, 3.05) is 25.1 Å². The molecule has 1 aliphatic carbocycles. The molecule has 1 aliphatic heterocycles. The number of carbonyl (C=O) groups excluding carboxylic acids is 1. The Balaban J connectivity index is 1.32. The molecule has 2 aromatic carbocycles. The predicted molar refractivity (Wildman–Crippen MR) is 140 cm³/mol. The Hall–Kier alpha value is -3.35. The van der Waals surface area contributed by atoms with Crippen molar-refractivity contribution in [3.63, 3.8) is 0 Å². The number of hydrogen-bond donors (Lipinski definition) is 0. The molecule has 2 aliphatic rings. The Morgan fingerprint density at radius 2 is 1.78 bits per heavy atom. The summed E-state index contributed by atoms with van der Waals surface area (Å²) in [5, 5.41) is 4.20. The smallest absolute Gasteiger partial charge is 0.246 e. The van der Waals surface area contributed by atoms with Crippen LogP contribution in [0.25, 0.3) is 11.4 Å². The maximum absolute atomic E-state index is 14.0. The Bertz CT molecular complexity index is 1140. The van der Waals surface area contributed by atoms with Crippen molar-refractivity contribution in [1.82, 2.24) is 15.0 Å². The van der Waals surface area contributed by atoms with Gasteiger partial charge in [0.05, 0.1) is 13.0 Å². The average molecular weight is 489 g/mol. The molecule has 7 heteroatoms. The molecule has 3 aromatic rings. The van der Waals surface area contributed by atoms with Crippen LogP contribution in [-0.4, -0.2) is 47.2 Å². The first-order valence-electron chi connectivity index (χ1n) is 13.2. The van der Waals surface area contributed by atoms with Gasteiger partial charge in [0, 0.05) is 30.4 Å². The Labute approximate surface area is 213 Å². The van der Waals surface area contributed by atoms with Crippen molar-refractivity contribution in [2.24, 2.45) is 5.92 Å². The summed E-state index contributed by atoms with van der Waals surface area (Å²) in [7, 11) is 1.64. The van der Waals surface area contributed by atoms with Gasteiger partial charge in [-0.15, -0.1) is 0 Å².